The Bertz CT molecular complexity index is 315. The van der Waals surface area contributed by atoms with Gasteiger partial charge in [0.2, 0.25) is 0 Å². The molecule has 0 aliphatic heterocycles. The zero-order chi connectivity index (χ0) is 9.05. The second-order valence-electron chi connectivity index (χ2n) is 4.65. The van der Waals surface area contributed by atoms with Crippen LogP contribution in [0.2, 0.25) is 0 Å². The molecule has 0 unspecified atom stereocenters. The summed E-state index contributed by atoms with van der Waals surface area (Å²) in [7, 11) is 0. The number of hydrogen-bond acceptors (Lipinski definition) is 1. The van der Waals surface area contributed by atoms with Crippen molar-refractivity contribution < 1.29 is 4.79 Å². The van der Waals surface area contributed by atoms with Crippen molar-refractivity contribution in [3.05, 3.63) is 24.8 Å². The van der Waals surface area contributed by atoms with Crippen LogP contribution in [-0.4, -0.2) is 5.78 Å². The fourth-order valence-corrected chi connectivity index (χ4v) is 3.70. The summed E-state index contributed by atoms with van der Waals surface area (Å²) in [6.07, 6.45) is 9.54. The molecular weight excluding hydrogens is 160 g/mol. The second-order valence-corrected chi connectivity index (χ2v) is 4.65. The maximum absolute atomic E-state index is 11.8. The summed E-state index contributed by atoms with van der Waals surface area (Å²) in [5, 5.41) is 0. The summed E-state index contributed by atoms with van der Waals surface area (Å²) in [6, 6.07) is 0. The summed E-state index contributed by atoms with van der Waals surface area (Å²) < 4.78 is 0. The molecule has 0 bridgehead atoms. The van der Waals surface area contributed by atoms with E-state index in [1.54, 1.807) is 0 Å². The van der Waals surface area contributed by atoms with Crippen molar-refractivity contribution in [3.63, 3.8) is 0 Å². The van der Waals surface area contributed by atoms with Gasteiger partial charge in [0, 0.05) is 5.41 Å². The van der Waals surface area contributed by atoms with Gasteiger partial charge in [0.05, 0.1) is 0 Å². The molecule has 3 aliphatic carbocycles. The van der Waals surface area contributed by atoms with E-state index in [2.05, 4.69) is 18.7 Å². The molecule has 0 amide bonds. The first-order valence-electron chi connectivity index (χ1n) is 5.14. The number of carbonyl (C=O) groups is 1. The first-order chi connectivity index (χ1) is 6.29. The Labute approximate surface area is 78.5 Å². The minimum absolute atomic E-state index is 0.0544. The lowest BCUT2D eigenvalue weighted by atomic mass is 9.57. The van der Waals surface area contributed by atoms with Gasteiger partial charge in [-0.1, -0.05) is 12.2 Å². The monoisotopic (exact) mass is 174 g/mol. The molecule has 68 valence electrons. The fourth-order valence-electron chi connectivity index (χ4n) is 3.70. The maximum atomic E-state index is 11.8. The summed E-state index contributed by atoms with van der Waals surface area (Å²) in [5.74, 6) is 2.17. The van der Waals surface area contributed by atoms with Crippen LogP contribution in [0.5, 0.6) is 0 Å². The van der Waals surface area contributed by atoms with E-state index in [-0.39, 0.29) is 5.41 Å². The van der Waals surface area contributed by atoms with E-state index < -0.39 is 0 Å². The molecule has 4 atom stereocenters. The van der Waals surface area contributed by atoms with E-state index >= 15 is 0 Å². The first kappa shape index (κ1) is 7.54. The Morgan fingerprint density at radius 1 is 1.62 bits per heavy atom. The van der Waals surface area contributed by atoms with Crippen molar-refractivity contribution in [2.24, 2.45) is 23.2 Å². The Hall–Kier alpha value is -0.850. The quantitative estimate of drug-likeness (QED) is 0.558. The highest BCUT2D eigenvalue weighted by molar-refractivity contribution is 5.99. The molecule has 0 saturated heterocycles. The molecule has 3 aliphatic rings. The van der Waals surface area contributed by atoms with Gasteiger partial charge in [-0.3, -0.25) is 4.79 Å². The molecule has 1 heteroatoms. The van der Waals surface area contributed by atoms with Gasteiger partial charge in [0.1, 0.15) is 0 Å². The van der Waals surface area contributed by atoms with Gasteiger partial charge >= 0.3 is 0 Å². The molecule has 13 heavy (non-hydrogen) atoms. The average molecular weight is 174 g/mol. The standard InChI is InChI=1S/C12H14O/c1-2-8-7-9-3-4-11(13)12(9)6-5-10(8)12/h2-4,8-10H,1,5-7H2/t8-,9+,10+,12+/m1/s1. The van der Waals surface area contributed by atoms with Crippen LogP contribution < -0.4 is 0 Å². The minimum Gasteiger partial charge on any atom is -0.294 e. The predicted molar refractivity (Wildman–Crippen MR) is 51.1 cm³/mol. The minimum atomic E-state index is 0.0544. The van der Waals surface area contributed by atoms with Crippen LogP contribution in [0.15, 0.2) is 24.8 Å². The average Bonchev–Trinajstić information content (AvgIpc) is 2.51. The molecule has 1 nitrogen and oxygen atoms in total. The normalized spacial score (nSPS) is 51.4. The van der Waals surface area contributed by atoms with Gasteiger partial charge in [0.25, 0.3) is 0 Å². The molecular formula is C12H14O. The molecule has 2 saturated carbocycles. The second kappa shape index (κ2) is 2.14. The van der Waals surface area contributed by atoms with Crippen molar-refractivity contribution in [2.75, 3.05) is 0 Å². The van der Waals surface area contributed by atoms with Crippen LogP contribution in [0.3, 0.4) is 0 Å². The third-order valence-electron chi connectivity index (χ3n) is 4.48. The SMILES string of the molecule is C=C[C@@H]1C[C@@H]2C=CC(=O)[C@@]23CC[C@@H]13. The fraction of sp³-hybridized carbons (Fsp3) is 0.583. The summed E-state index contributed by atoms with van der Waals surface area (Å²) in [5.41, 5.74) is 0.0544. The van der Waals surface area contributed by atoms with E-state index in [1.807, 2.05) is 6.08 Å². The smallest absolute Gasteiger partial charge is 0.162 e. The van der Waals surface area contributed by atoms with Gasteiger partial charge in [0.15, 0.2) is 5.78 Å². The first-order valence-corrected chi connectivity index (χ1v) is 5.14. The van der Waals surface area contributed by atoms with Crippen molar-refractivity contribution in [1.82, 2.24) is 0 Å². The zero-order valence-electron chi connectivity index (χ0n) is 7.70. The molecule has 0 radical (unpaired) electrons. The number of ketones is 1. The molecule has 0 N–H and O–H groups in total. The molecule has 0 aromatic rings. The molecule has 0 aromatic carbocycles. The number of rotatable bonds is 1. The van der Waals surface area contributed by atoms with E-state index in [0.29, 0.717) is 23.5 Å². The van der Waals surface area contributed by atoms with Crippen LogP contribution in [0, 0.1) is 23.2 Å². The van der Waals surface area contributed by atoms with Gasteiger partial charge in [-0.05, 0) is 43.1 Å². The highest BCUT2D eigenvalue weighted by Crippen LogP contribution is 2.66. The molecule has 2 fully saturated rings. The van der Waals surface area contributed by atoms with Crippen molar-refractivity contribution in [2.45, 2.75) is 19.3 Å². The predicted octanol–water partition coefficient (Wildman–Crippen LogP) is 2.34. The molecule has 1 spiro atoms. The highest BCUT2D eigenvalue weighted by atomic mass is 16.1. The van der Waals surface area contributed by atoms with Gasteiger partial charge in [-0.15, -0.1) is 6.58 Å². The van der Waals surface area contributed by atoms with Crippen LogP contribution in [0.4, 0.5) is 0 Å². The summed E-state index contributed by atoms with van der Waals surface area (Å²) in [6.45, 7) is 3.88. The number of hydrogen-bond donors (Lipinski definition) is 0. The molecule has 3 rings (SSSR count). The Morgan fingerprint density at radius 2 is 2.46 bits per heavy atom. The van der Waals surface area contributed by atoms with E-state index in [0.717, 1.165) is 12.8 Å². The van der Waals surface area contributed by atoms with Crippen molar-refractivity contribution in [1.29, 1.82) is 0 Å². The van der Waals surface area contributed by atoms with Crippen LogP contribution in [-0.2, 0) is 4.79 Å². The summed E-state index contributed by atoms with van der Waals surface area (Å²) in [4.78, 5) is 11.8. The third kappa shape index (κ3) is 0.641. The number of allylic oxidation sites excluding steroid dienone is 3. The van der Waals surface area contributed by atoms with Crippen LogP contribution in [0.25, 0.3) is 0 Å². The van der Waals surface area contributed by atoms with E-state index in [9.17, 15) is 4.79 Å². The van der Waals surface area contributed by atoms with Gasteiger partial charge < -0.3 is 0 Å². The lowest BCUT2D eigenvalue weighted by molar-refractivity contribution is -0.133. The molecule has 0 heterocycles. The third-order valence-corrected chi connectivity index (χ3v) is 4.48. The van der Waals surface area contributed by atoms with E-state index in [4.69, 9.17) is 0 Å². The lowest BCUT2D eigenvalue weighted by Crippen LogP contribution is -2.45. The maximum Gasteiger partial charge on any atom is 0.162 e. The van der Waals surface area contributed by atoms with Gasteiger partial charge in [-0.2, -0.15) is 0 Å². The molecule has 0 aromatic heterocycles. The van der Waals surface area contributed by atoms with Crippen LogP contribution in [0.1, 0.15) is 19.3 Å². The zero-order valence-corrected chi connectivity index (χ0v) is 7.70. The lowest BCUT2D eigenvalue weighted by Gasteiger charge is -2.45. The Balaban J connectivity index is 2.03. The van der Waals surface area contributed by atoms with Gasteiger partial charge in [-0.25, -0.2) is 0 Å². The van der Waals surface area contributed by atoms with Crippen molar-refractivity contribution >= 4 is 5.78 Å². The largest absolute Gasteiger partial charge is 0.294 e. The number of carbonyl (C=O) groups excluding carboxylic acids is 1. The van der Waals surface area contributed by atoms with E-state index in [1.165, 1.54) is 6.42 Å². The Kier molecular flexibility index (Phi) is 1.24. The van der Waals surface area contributed by atoms with Crippen molar-refractivity contribution in [3.8, 4) is 0 Å². The topological polar surface area (TPSA) is 17.1 Å². The highest BCUT2D eigenvalue weighted by Gasteiger charge is 2.63. The Morgan fingerprint density at radius 3 is 3.00 bits per heavy atom. The summed E-state index contributed by atoms with van der Waals surface area (Å²) >= 11 is 0. The van der Waals surface area contributed by atoms with Crippen LogP contribution >= 0.6 is 0 Å².